The van der Waals surface area contributed by atoms with Crippen LogP contribution in [-0.4, -0.2) is 57.8 Å². The minimum absolute atomic E-state index is 0.0945. The van der Waals surface area contributed by atoms with Crippen LogP contribution in [0.2, 0.25) is 0 Å². The number of nitrogens with two attached hydrogens (primary N) is 1. The van der Waals surface area contributed by atoms with Crippen LogP contribution in [0.1, 0.15) is 39.2 Å². The van der Waals surface area contributed by atoms with Crippen molar-refractivity contribution in [3.05, 3.63) is 44.2 Å². The van der Waals surface area contributed by atoms with Gasteiger partial charge in [0.25, 0.3) is 10.9 Å². The summed E-state index contributed by atoms with van der Waals surface area (Å²) < 4.78 is 16.4. The molecule has 0 aliphatic heterocycles. The van der Waals surface area contributed by atoms with Crippen LogP contribution in [0.5, 0.6) is 11.5 Å². The Hall–Kier alpha value is -2.62. The number of rotatable bonds is 17. The van der Waals surface area contributed by atoms with Gasteiger partial charge in [-0.1, -0.05) is 19.9 Å². The number of anilines is 2. The van der Waals surface area contributed by atoms with Crippen molar-refractivity contribution < 1.29 is 19.3 Å². The highest BCUT2D eigenvalue weighted by molar-refractivity contribution is 5.73. The van der Waals surface area contributed by atoms with Gasteiger partial charge in [-0.05, 0) is 49.3 Å². The first-order valence-electron chi connectivity index (χ1n) is 12.3. The number of methoxy groups -OCH3 is 2. The number of nitrogens with one attached hydrogen (secondary N) is 2. The van der Waals surface area contributed by atoms with E-state index in [1.165, 1.54) is 0 Å². The Bertz CT molecular complexity index is 986. The molecule has 0 bridgehead atoms. The van der Waals surface area contributed by atoms with E-state index in [9.17, 15) is 14.7 Å². The normalized spacial score (nSPS) is 14.1. The fourth-order valence-electron chi connectivity index (χ4n) is 4.01. The van der Waals surface area contributed by atoms with Gasteiger partial charge in [-0.2, -0.15) is 0 Å². The van der Waals surface area contributed by atoms with Crippen molar-refractivity contribution in [3.63, 3.8) is 0 Å². The summed E-state index contributed by atoms with van der Waals surface area (Å²) in [7, 11) is 3.28. The van der Waals surface area contributed by atoms with Gasteiger partial charge in [-0.25, -0.2) is 0 Å². The van der Waals surface area contributed by atoms with Gasteiger partial charge in [0.2, 0.25) is 0 Å². The van der Waals surface area contributed by atoms with Crippen molar-refractivity contribution in [3.8, 4) is 11.5 Å². The lowest BCUT2D eigenvalue weighted by atomic mass is 9.83. The van der Waals surface area contributed by atoms with Gasteiger partial charge in [0.05, 0.1) is 19.8 Å². The molecule has 0 unspecified atom stereocenters. The lowest BCUT2D eigenvalue weighted by molar-refractivity contribution is 0.137. The second-order valence-electron chi connectivity index (χ2n) is 9.17. The molecule has 9 nitrogen and oxygen atoms in total. The fourth-order valence-corrected chi connectivity index (χ4v) is 4.01. The summed E-state index contributed by atoms with van der Waals surface area (Å²) >= 11 is 0. The topological polar surface area (TPSA) is 132 Å². The second kappa shape index (κ2) is 14.1. The second-order valence-corrected chi connectivity index (χ2v) is 9.17. The molecule has 0 aliphatic carbocycles. The molecule has 0 aromatic heterocycles. The lowest BCUT2D eigenvalue weighted by Gasteiger charge is -2.28. The van der Waals surface area contributed by atoms with Gasteiger partial charge >= 0.3 is 0 Å². The number of hydrogen-bond acceptors (Lipinski definition) is 9. The molecule has 0 aliphatic rings. The highest BCUT2D eigenvalue weighted by atomic mass is 16.5. The molecule has 196 valence electrons. The molecule has 0 saturated carbocycles. The summed E-state index contributed by atoms with van der Waals surface area (Å²) in [5.41, 5.74) is 6.85. The Kier molecular flexibility index (Phi) is 11.5. The van der Waals surface area contributed by atoms with Gasteiger partial charge in [0.1, 0.15) is 11.4 Å². The van der Waals surface area contributed by atoms with E-state index in [0.29, 0.717) is 43.6 Å². The van der Waals surface area contributed by atoms with Gasteiger partial charge in [0.15, 0.2) is 11.5 Å². The Morgan fingerprint density at radius 2 is 1.71 bits per heavy atom. The molecule has 2 rings (SSSR count). The van der Waals surface area contributed by atoms with Crippen LogP contribution >= 0.6 is 0 Å². The molecule has 0 amide bonds. The van der Waals surface area contributed by atoms with E-state index in [1.54, 1.807) is 14.2 Å². The predicted molar refractivity (Wildman–Crippen MR) is 140 cm³/mol. The number of aliphatic hydroxyl groups is 1. The van der Waals surface area contributed by atoms with E-state index in [4.69, 9.17) is 19.9 Å². The third kappa shape index (κ3) is 7.95. The van der Waals surface area contributed by atoms with E-state index in [0.717, 1.165) is 18.4 Å². The Labute approximate surface area is 207 Å². The van der Waals surface area contributed by atoms with Crippen molar-refractivity contribution in [2.75, 3.05) is 51.2 Å². The number of hydrogen-bond donors (Lipinski definition) is 4. The molecule has 0 radical (unpaired) electrons. The molecule has 0 heterocycles. The van der Waals surface area contributed by atoms with Gasteiger partial charge in [0, 0.05) is 39.3 Å². The van der Waals surface area contributed by atoms with Crippen LogP contribution in [0, 0.1) is 11.8 Å². The van der Waals surface area contributed by atoms with Crippen molar-refractivity contribution in [1.82, 2.24) is 0 Å². The smallest absolute Gasteiger partial charge is 0.253 e. The van der Waals surface area contributed by atoms with Gasteiger partial charge in [-0.15, -0.1) is 0 Å². The fraction of sp³-hybridized carbons (Fsp3) is 0.615. The van der Waals surface area contributed by atoms with Crippen LogP contribution in [0.3, 0.4) is 0 Å². The molecule has 5 N–H and O–H groups in total. The number of ether oxygens (including phenoxy) is 3. The number of aliphatic hydroxyl groups excluding tert-OH is 1. The van der Waals surface area contributed by atoms with Crippen LogP contribution < -0.4 is 36.7 Å². The zero-order chi connectivity index (χ0) is 26.0. The van der Waals surface area contributed by atoms with Crippen molar-refractivity contribution >= 4 is 11.4 Å². The maximum Gasteiger partial charge on any atom is 0.253 e. The molecule has 0 spiro atoms. The zero-order valence-corrected chi connectivity index (χ0v) is 21.6. The third-order valence-corrected chi connectivity index (χ3v) is 6.24. The molecule has 9 heteroatoms. The van der Waals surface area contributed by atoms with Crippen molar-refractivity contribution in [2.45, 2.75) is 52.2 Å². The van der Waals surface area contributed by atoms with Crippen LogP contribution in [0.25, 0.3) is 0 Å². The largest absolute Gasteiger partial charge is 0.493 e. The molecule has 0 fully saturated rings. The molecular formula is C26H41N3O6. The summed E-state index contributed by atoms with van der Waals surface area (Å²) in [5, 5.41) is 16.4. The average molecular weight is 492 g/mol. The molecule has 3 atom stereocenters. The third-order valence-electron chi connectivity index (χ3n) is 6.24. The maximum absolute atomic E-state index is 11.8. The quantitative estimate of drug-likeness (QED) is 0.194. The lowest BCUT2D eigenvalue weighted by Crippen LogP contribution is -2.44. The predicted octanol–water partition coefficient (Wildman–Crippen LogP) is 2.14. The first-order valence-corrected chi connectivity index (χ1v) is 12.3. The van der Waals surface area contributed by atoms with E-state index in [2.05, 4.69) is 24.5 Å². The van der Waals surface area contributed by atoms with Crippen LogP contribution in [0.4, 0.5) is 11.4 Å². The molecule has 0 saturated heterocycles. The standard InChI is InChI=1S/C26H41N3O6/c1-6-28-23-24(26(32)25(23)31)29-15-20(30)19(27)14-18(16(2)3)12-17-8-9-21(34-5)22(13-17)35-11-7-10-33-4/h8-9,13,16,18-20,28-30H,6-7,10-12,14-15,27H2,1-5H3/t18-,19-,20-/m0/s1. The van der Waals surface area contributed by atoms with Gasteiger partial charge < -0.3 is 35.7 Å². The number of benzene rings is 1. The summed E-state index contributed by atoms with van der Waals surface area (Å²) in [4.78, 5) is 23.5. The van der Waals surface area contributed by atoms with Crippen molar-refractivity contribution in [1.29, 1.82) is 0 Å². The first-order chi connectivity index (χ1) is 16.7. The van der Waals surface area contributed by atoms with Crippen LogP contribution in [-0.2, 0) is 11.2 Å². The maximum atomic E-state index is 11.8. The molecule has 2 aromatic carbocycles. The Morgan fingerprint density at radius 3 is 2.31 bits per heavy atom. The highest BCUT2D eigenvalue weighted by Gasteiger charge is 2.25. The minimum Gasteiger partial charge on any atom is -0.493 e. The van der Waals surface area contributed by atoms with E-state index >= 15 is 0 Å². The van der Waals surface area contributed by atoms with Crippen LogP contribution in [0.15, 0.2) is 27.8 Å². The monoisotopic (exact) mass is 491 g/mol. The average Bonchev–Trinajstić information content (AvgIpc) is 2.85. The van der Waals surface area contributed by atoms with Crippen molar-refractivity contribution in [2.24, 2.45) is 17.6 Å². The summed E-state index contributed by atoms with van der Waals surface area (Å²) in [5.74, 6) is 1.93. The van der Waals surface area contributed by atoms with Gasteiger partial charge in [-0.3, -0.25) is 9.59 Å². The van der Waals surface area contributed by atoms with E-state index in [1.807, 2.05) is 25.1 Å². The highest BCUT2D eigenvalue weighted by Crippen LogP contribution is 2.31. The molecular weight excluding hydrogens is 450 g/mol. The Balaban J connectivity index is 1.99. The molecule has 35 heavy (non-hydrogen) atoms. The summed E-state index contributed by atoms with van der Waals surface area (Å²) in [6.07, 6.45) is 1.28. The zero-order valence-electron chi connectivity index (χ0n) is 21.6. The first kappa shape index (κ1) is 28.6. The minimum atomic E-state index is -0.870. The summed E-state index contributed by atoms with van der Waals surface area (Å²) in [6, 6.07) is 5.43. The summed E-state index contributed by atoms with van der Waals surface area (Å²) in [6.45, 7) is 7.91. The SMILES string of the molecule is CCNc1c(NC[C@H](O)[C@@H](N)C[C@H](Cc2ccc(OC)c(OCCCOC)c2)C(C)C)c(=O)c1=O. The Morgan fingerprint density at radius 1 is 1.03 bits per heavy atom. The van der Waals surface area contributed by atoms with E-state index in [-0.39, 0.29) is 23.8 Å². The van der Waals surface area contributed by atoms with E-state index < -0.39 is 23.0 Å². The molecule has 2 aromatic rings.